The molecule has 18 heavy (non-hydrogen) atoms. The van der Waals surface area contributed by atoms with Gasteiger partial charge in [-0.2, -0.15) is 0 Å². The Morgan fingerprint density at radius 1 is 1.17 bits per heavy atom. The van der Waals surface area contributed by atoms with Crippen molar-refractivity contribution in [3.05, 3.63) is 46.2 Å². The highest BCUT2D eigenvalue weighted by Crippen LogP contribution is 2.57. The summed E-state index contributed by atoms with van der Waals surface area (Å²) in [6.07, 6.45) is 0.764. The Balaban J connectivity index is 2.14. The van der Waals surface area contributed by atoms with Crippen LogP contribution in [0.15, 0.2) is 56.0 Å². The van der Waals surface area contributed by atoms with E-state index in [1.807, 2.05) is 6.07 Å². The lowest BCUT2D eigenvalue weighted by Crippen LogP contribution is -2.26. The van der Waals surface area contributed by atoms with Gasteiger partial charge in [0.2, 0.25) is 0 Å². The van der Waals surface area contributed by atoms with Crippen molar-refractivity contribution < 1.29 is 4.79 Å². The van der Waals surface area contributed by atoms with E-state index in [9.17, 15) is 4.79 Å². The predicted octanol–water partition coefficient (Wildman–Crippen LogP) is 4.65. The number of hydrogen-bond acceptors (Lipinski definition) is 3. The van der Waals surface area contributed by atoms with Crippen LogP contribution in [-0.4, -0.2) is 5.78 Å². The van der Waals surface area contributed by atoms with E-state index in [4.69, 9.17) is 0 Å². The van der Waals surface area contributed by atoms with Gasteiger partial charge in [0.05, 0.1) is 4.91 Å². The van der Waals surface area contributed by atoms with Gasteiger partial charge in [0, 0.05) is 20.1 Å². The maximum atomic E-state index is 12.3. The smallest absolute Gasteiger partial charge is 0.195 e. The molecular formula is C15H14OS2. The molecule has 2 aliphatic rings. The number of allylic oxidation sites excluding steroid dienone is 3. The van der Waals surface area contributed by atoms with Crippen molar-refractivity contribution in [3.63, 3.8) is 0 Å². The SMILES string of the molecule is C=C1CC(C)(C)C2=C(Sc3ccccc3S2)C1=O. The molecule has 1 nitrogen and oxygen atoms in total. The molecule has 0 saturated heterocycles. The normalized spacial score (nSPS) is 21.7. The minimum atomic E-state index is 0.0194. The van der Waals surface area contributed by atoms with Crippen molar-refractivity contribution in [3.8, 4) is 0 Å². The predicted molar refractivity (Wildman–Crippen MR) is 77.7 cm³/mol. The molecule has 0 spiro atoms. The molecule has 1 heterocycles. The highest BCUT2D eigenvalue weighted by atomic mass is 32.2. The third kappa shape index (κ3) is 1.77. The summed E-state index contributed by atoms with van der Waals surface area (Å²) in [7, 11) is 0. The Morgan fingerprint density at radius 2 is 1.78 bits per heavy atom. The van der Waals surface area contributed by atoms with Crippen molar-refractivity contribution in [1.29, 1.82) is 0 Å². The van der Waals surface area contributed by atoms with Crippen LogP contribution < -0.4 is 0 Å². The molecule has 0 aromatic heterocycles. The average molecular weight is 274 g/mol. The lowest BCUT2D eigenvalue weighted by molar-refractivity contribution is -0.112. The zero-order chi connectivity index (χ0) is 12.9. The van der Waals surface area contributed by atoms with Crippen LogP contribution in [0, 0.1) is 5.41 Å². The molecule has 1 aliphatic heterocycles. The van der Waals surface area contributed by atoms with Gasteiger partial charge >= 0.3 is 0 Å². The standard InChI is InChI=1S/C15H14OS2/c1-9-8-15(2,3)14-13(12(9)16)17-10-6-4-5-7-11(10)18-14/h4-7H,1,8H2,2-3H3. The monoisotopic (exact) mass is 274 g/mol. The number of fused-ring (bicyclic) bond motifs is 1. The first-order valence-electron chi connectivity index (χ1n) is 5.91. The highest BCUT2D eigenvalue weighted by Gasteiger charge is 2.39. The Labute approximate surface area is 116 Å². The molecule has 1 aliphatic carbocycles. The van der Waals surface area contributed by atoms with Crippen molar-refractivity contribution in [2.24, 2.45) is 5.41 Å². The second kappa shape index (κ2) is 4.04. The van der Waals surface area contributed by atoms with Gasteiger partial charge in [-0.3, -0.25) is 4.79 Å². The van der Waals surface area contributed by atoms with E-state index < -0.39 is 0 Å². The molecule has 0 fully saturated rings. The molecule has 1 aromatic rings. The second-order valence-electron chi connectivity index (χ2n) is 5.30. The van der Waals surface area contributed by atoms with Gasteiger partial charge in [0.1, 0.15) is 0 Å². The van der Waals surface area contributed by atoms with Gasteiger partial charge < -0.3 is 0 Å². The van der Waals surface area contributed by atoms with Crippen LogP contribution in [0.5, 0.6) is 0 Å². The first-order chi connectivity index (χ1) is 8.49. The fraction of sp³-hybridized carbons (Fsp3) is 0.267. The van der Waals surface area contributed by atoms with Gasteiger partial charge in [-0.15, -0.1) is 0 Å². The zero-order valence-electron chi connectivity index (χ0n) is 10.4. The summed E-state index contributed by atoms with van der Waals surface area (Å²) in [5.41, 5.74) is 0.761. The van der Waals surface area contributed by atoms with E-state index in [1.54, 1.807) is 23.5 Å². The summed E-state index contributed by atoms with van der Waals surface area (Å²) in [6.45, 7) is 8.32. The molecule has 3 heteroatoms. The second-order valence-corrected chi connectivity index (χ2v) is 7.41. The number of benzene rings is 1. The topological polar surface area (TPSA) is 17.1 Å². The van der Waals surface area contributed by atoms with Crippen LogP contribution in [0.4, 0.5) is 0 Å². The Morgan fingerprint density at radius 3 is 2.44 bits per heavy atom. The largest absolute Gasteiger partial charge is 0.288 e. The molecule has 0 bridgehead atoms. The third-order valence-electron chi connectivity index (χ3n) is 3.28. The molecule has 92 valence electrons. The van der Waals surface area contributed by atoms with E-state index in [2.05, 4.69) is 38.6 Å². The number of rotatable bonds is 0. The number of thioether (sulfide) groups is 2. The summed E-state index contributed by atoms with van der Waals surface area (Å²) in [6, 6.07) is 8.27. The van der Waals surface area contributed by atoms with E-state index >= 15 is 0 Å². The van der Waals surface area contributed by atoms with Crippen LogP contribution in [0.25, 0.3) is 0 Å². The summed E-state index contributed by atoms with van der Waals surface area (Å²) in [5.74, 6) is 0.135. The van der Waals surface area contributed by atoms with Crippen LogP contribution in [-0.2, 0) is 4.79 Å². The number of Topliss-reactive ketones (excluding diaryl/α,β-unsaturated/α-hetero) is 1. The molecule has 0 unspecified atom stereocenters. The van der Waals surface area contributed by atoms with Gasteiger partial charge in [-0.1, -0.05) is 56.1 Å². The summed E-state index contributed by atoms with van der Waals surface area (Å²) >= 11 is 3.35. The Bertz CT molecular complexity index is 596. The minimum absolute atomic E-state index is 0.0194. The average Bonchev–Trinajstić information content (AvgIpc) is 2.34. The van der Waals surface area contributed by atoms with Crippen LogP contribution in [0.3, 0.4) is 0 Å². The number of carbonyl (C=O) groups excluding carboxylic acids is 1. The van der Waals surface area contributed by atoms with Crippen molar-refractivity contribution in [2.75, 3.05) is 0 Å². The number of carbonyl (C=O) groups is 1. The van der Waals surface area contributed by atoms with E-state index in [-0.39, 0.29) is 11.2 Å². The lowest BCUT2D eigenvalue weighted by atomic mass is 9.79. The third-order valence-corrected chi connectivity index (χ3v) is 6.24. The van der Waals surface area contributed by atoms with E-state index in [1.165, 1.54) is 14.7 Å². The molecule has 0 amide bonds. The first kappa shape index (κ1) is 12.1. The van der Waals surface area contributed by atoms with Crippen LogP contribution >= 0.6 is 23.5 Å². The molecule has 0 atom stereocenters. The van der Waals surface area contributed by atoms with Crippen LogP contribution in [0.1, 0.15) is 20.3 Å². The van der Waals surface area contributed by atoms with Crippen LogP contribution in [0.2, 0.25) is 0 Å². The van der Waals surface area contributed by atoms with E-state index in [0.717, 1.165) is 16.9 Å². The van der Waals surface area contributed by atoms with Gasteiger partial charge in [0.25, 0.3) is 0 Å². The fourth-order valence-electron chi connectivity index (χ4n) is 2.38. The number of hydrogen-bond donors (Lipinski definition) is 0. The quantitative estimate of drug-likeness (QED) is 0.641. The molecule has 3 rings (SSSR count). The maximum absolute atomic E-state index is 12.3. The maximum Gasteiger partial charge on any atom is 0.195 e. The lowest BCUT2D eigenvalue weighted by Gasteiger charge is -2.37. The van der Waals surface area contributed by atoms with Gasteiger partial charge in [0.15, 0.2) is 5.78 Å². The Kier molecular flexibility index (Phi) is 2.72. The van der Waals surface area contributed by atoms with E-state index in [0.29, 0.717) is 0 Å². The molecular weight excluding hydrogens is 260 g/mol. The van der Waals surface area contributed by atoms with Crippen molar-refractivity contribution in [2.45, 2.75) is 30.1 Å². The highest BCUT2D eigenvalue weighted by molar-refractivity contribution is 8.10. The molecule has 0 saturated carbocycles. The van der Waals surface area contributed by atoms with Crippen molar-refractivity contribution in [1.82, 2.24) is 0 Å². The zero-order valence-corrected chi connectivity index (χ0v) is 12.1. The minimum Gasteiger partial charge on any atom is -0.288 e. The number of ketones is 1. The Hall–Kier alpha value is -0.930. The summed E-state index contributed by atoms with van der Waals surface area (Å²) in [5, 5.41) is 0. The van der Waals surface area contributed by atoms with Crippen molar-refractivity contribution >= 4 is 29.3 Å². The summed E-state index contributed by atoms with van der Waals surface area (Å²) in [4.78, 5) is 16.8. The fourth-order valence-corrected chi connectivity index (χ4v) is 5.09. The molecule has 0 radical (unpaired) electrons. The first-order valence-corrected chi connectivity index (χ1v) is 7.54. The van der Waals surface area contributed by atoms with Gasteiger partial charge in [-0.25, -0.2) is 0 Å². The molecule has 1 aromatic carbocycles. The summed E-state index contributed by atoms with van der Waals surface area (Å²) < 4.78 is 0. The van der Waals surface area contributed by atoms with Gasteiger partial charge in [-0.05, 0) is 24.1 Å². The molecule has 0 N–H and O–H groups in total.